The van der Waals surface area contributed by atoms with Gasteiger partial charge in [0.1, 0.15) is 23.7 Å². The number of carbonyl (C=O) groups excluding carboxylic acids is 1. The monoisotopic (exact) mass is 523 g/mol. The van der Waals surface area contributed by atoms with E-state index >= 15 is 0 Å². The molecule has 36 heavy (non-hydrogen) atoms. The molecule has 0 unspecified atom stereocenters. The number of nitrogens with zero attached hydrogens (tertiary/aromatic N) is 4. The number of hydrogen-bond donors (Lipinski definition) is 3. The Morgan fingerprint density at radius 2 is 1.92 bits per heavy atom. The van der Waals surface area contributed by atoms with Gasteiger partial charge in [-0.15, -0.1) is 0 Å². The molecule has 4 rings (SSSR count). The minimum Gasteiger partial charge on any atom is -0.402 e. The number of hydrogen-bond acceptors (Lipinski definition) is 7. The fourth-order valence-electron chi connectivity index (χ4n) is 3.77. The summed E-state index contributed by atoms with van der Waals surface area (Å²) >= 11 is 1.18. The summed E-state index contributed by atoms with van der Waals surface area (Å²) in [4.78, 5) is 27.2. The third-order valence-electron chi connectivity index (χ3n) is 5.55. The topological polar surface area (TPSA) is 123 Å². The molecule has 1 saturated heterocycles. The van der Waals surface area contributed by atoms with Crippen LogP contribution in [0.3, 0.4) is 0 Å². The van der Waals surface area contributed by atoms with Gasteiger partial charge >= 0.3 is 6.18 Å². The van der Waals surface area contributed by atoms with Crippen LogP contribution in [-0.4, -0.2) is 46.6 Å². The molecule has 0 bridgehead atoms. The summed E-state index contributed by atoms with van der Waals surface area (Å²) in [5.74, 6) is -0.111. The molecule has 192 valence electrons. The van der Waals surface area contributed by atoms with Crippen LogP contribution in [-0.2, 0) is 4.79 Å². The lowest BCUT2D eigenvalue weighted by Gasteiger charge is -2.45. The van der Waals surface area contributed by atoms with Crippen molar-refractivity contribution in [3.8, 4) is 0 Å². The first-order valence-electron chi connectivity index (χ1n) is 11.1. The van der Waals surface area contributed by atoms with E-state index in [1.54, 1.807) is 25.1 Å². The van der Waals surface area contributed by atoms with Gasteiger partial charge in [0.25, 0.3) is 0 Å². The molecule has 2 aliphatic rings. The minimum atomic E-state index is -4.58. The second-order valence-corrected chi connectivity index (χ2v) is 9.96. The molecule has 1 amide bonds. The molecule has 1 aromatic carbocycles. The zero-order valence-electron chi connectivity index (χ0n) is 19.3. The highest BCUT2D eigenvalue weighted by molar-refractivity contribution is 7.99. The van der Waals surface area contributed by atoms with Gasteiger partial charge < -0.3 is 21.7 Å². The van der Waals surface area contributed by atoms with Gasteiger partial charge in [-0.3, -0.25) is 4.79 Å². The number of allylic oxidation sites excluding steroid dienone is 1. The summed E-state index contributed by atoms with van der Waals surface area (Å²) in [7, 11) is 0. The van der Waals surface area contributed by atoms with E-state index in [0.29, 0.717) is 21.6 Å². The van der Waals surface area contributed by atoms with Gasteiger partial charge in [-0.25, -0.2) is 19.4 Å². The summed E-state index contributed by atoms with van der Waals surface area (Å²) in [5, 5.41) is 2.53. The average Bonchev–Trinajstić information content (AvgIpc) is 3.56. The third kappa shape index (κ3) is 6.86. The number of amides is 1. The molecule has 0 atom stereocenters. The molecule has 5 N–H and O–H groups in total. The van der Waals surface area contributed by atoms with Crippen LogP contribution in [0.2, 0.25) is 0 Å². The summed E-state index contributed by atoms with van der Waals surface area (Å²) in [6.45, 7) is 2.15. The zero-order chi connectivity index (χ0) is 26.1. The van der Waals surface area contributed by atoms with E-state index in [1.165, 1.54) is 30.0 Å². The van der Waals surface area contributed by atoms with Crippen LogP contribution in [0.25, 0.3) is 0 Å². The maximum atomic E-state index is 14.9. The standard InChI is InChI=1S/C23H25F4N7OS/c1-13(28)8-17(29)31-18-9-19(34-11-22(24,12-34)14-2-3-14)33-21(32-18)36-16-6-4-15(5-7-16)30-20(35)10-23(25,26)27/h4-9,14H,2-3,10-12,28H2,1H3,(H,30,35)(H2,29,31,32,33). The number of nitrogens with two attached hydrogens (primary N) is 2. The van der Waals surface area contributed by atoms with Crippen LogP contribution in [0.5, 0.6) is 0 Å². The van der Waals surface area contributed by atoms with Gasteiger partial charge in [0, 0.05) is 22.3 Å². The maximum Gasteiger partial charge on any atom is 0.397 e. The van der Waals surface area contributed by atoms with Gasteiger partial charge in [0.2, 0.25) is 5.91 Å². The molecule has 1 aromatic heterocycles. The van der Waals surface area contributed by atoms with Crippen LogP contribution in [0.4, 0.5) is 34.9 Å². The van der Waals surface area contributed by atoms with Crippen molar-refractivity contribution < 1.29 is 22.4 Å². The largest absolute Gasteiger partial charge is 0.402 e. The molecular formula is C23H25F4N7OS. The smallest absolute Gasteiger partial charge is 0.397 e. The number of amidine groups is 1. The first-order valence-corrected chi connectivity index (χ1v) is 12.0. The maximum absolute atomic E-state index is 14.9. The molecule has 0 spiro atoms. The predicted octanol–water partition coefficient (Wildman–Crippen LogP) is 4.31. The van der Waals surface area contributed by atoms with Crippen molar-refractivity contribution in [3.63, 3.8) is 0 Å². The number of benzene rings is 1. The molecule has 1 saturated carbocycles. The molecule has 2 heterocycles. The lowest BCUT2D eigenvalue weighted by molar-refractivity contribution is -0.150. The highest BCUT2D eigenvalue weighted by Crippen LogP contribution is 2.48. The summed E-state index contributed by atoms with van der Waals surface area (Å²) in [6, 6.07) is 7.82. The Hall–Kier alpha value is -3.35. The number of halogens is 4. The quantitative estimate of drug-likeness (QED) is 0.204. The zero-order valence-corrected chi connectivity index (χ0v) is 20.2. The Bertz CT molecular complexity index is 1190. The lowest BCUT2D eigenvalue weighted by atomic mass is 9.91. The molecule has 1 aliphatic heterocycles. The molecular weight excluding hydrogens is 498 g/mol. The van der Waals surface area contributed by atoms with Crippen molar-refractivity contribution >= 4 is 40.8 Å². The van der Waals surface area contributed by atoms with Crippen molar-refractivity contribution in [1.29, 1.82) is 0 Å². The average molecular weight is 524 g/mol. The SMILES string of the molecule is CC(N)=CC(N)=Nc1cc(N2CC(F)(C3CC3)C2)nc(Sc2ccc(NC(=O)CC(F)(F)F)cc2)n1. The van der Waals surface area contributed by atoms with Crippen LogP contribution >= 0.6 is 11.8 Å². The molecule has 1 aliphatic carbocycles. The number of nitrogens with one attached hydrogen (secondary N) is 1. The van der Waals surface area contributed by atoms with E-state index in [1.807, 2.05) is 4.90 Å². The Balaban J connectivity index is 1.51. The Morgan fingerprint density at radius 3 is 2.50 bits per heavy atom. The summed E-state index contributed by atoms with van der Waals surface area (Å²) in [5.41, 5.74) is 11.1. The fourth-order valence-corrected chi connectivity index (χ4v) is 4.53. The molecule has 8 nitrogen and oxygen atoms in total. The van der Waals surface area contributed by atoms with E-state index in [2.05, 4.69) is 20.3 Å². The Kier molecular flexibility index (Phi) is 7.12. The van der Waals surface area contributed by atoms with Crippen molar-refractivity contribution in [2.24, 2.45) is 22.4 Å². The number of rotatable bonds is 8. The van der Waals surface area contributed by atoms with E-state index in [-0.39, 0.29) is 36.3 Å². The molecule has 13 heteroatoms. The third-order valence-corrected chi connectivity index (χ3v) is 6.42. The van der Waals surface area contributed by atoms with Gasteiger partial charge in [-0.1, -0.05) is 0 Å². The number of aromatic nitrogens is 2. The summed E-state index contributed by atoms with van der Waals surface area (Å²) in [6.07, 6.45) is -2.85. The summed E-state index contributed by atoms with van der Waals surface area (Å²) < 4.78 is 52.0. The second-order valence-electron chi connectivity index (χ2n) is 8.92. The van der Waals surface area contributed by atoms with Gasteiger partial charge in [0.15, 0.2) is 11.0 Å². The molecule has 2 aromatic rings. The van der Waals surface area contributed by atoms with E-state index in [9.17, 15) is 22.4 Å². The van der Waals surface area contributed by atoms with Gasteiger partial charge in [-0.2, -0.15) is 13.2 Å². The first-order chi connectivity index (χ1) is 16.9. The number of aliphatic imine (C=N–C) groups is 1. The molecule has 0 radical (unpaired) electrons. The Morgan fingerprint density at radius 1 is 1.25 bits per heavy atom. The normalized spacial score (nSPS) is 18.1. The minimum absolute atomic E-state index is 0.102. The van der Waals surface area contributed by atoms with Crippen LogP contribution in [0.1, 0.15) is 26.2 Å². The van der Waals surface area contributed by atoms with E-state index in [0.717, 1.165) is 12.8 Å². The number of alkyl halides is 4. The van der Waals surface area contributed by atoms with Gasteiger partial charge in [0.05, 0.1) is 13.1 Å². The fraction of sp³-hybridized carbons (Fsp3) is 0.391. The van der Waals surface area contributed by atoms with Crippen molar-refractivity contribution in [2.75, 3.05) is 23.3 Å². The van der Waals surface area contributed by atoms with E-state index in [4.69, 9.17) is 11.5 Å². The van der Waals surface area contributed by atoms with Crippen LogP contribution in [0, 0.1) is 5.92 Å². The Labute approximate surface area is 209 Å². The van der Waals surface area contributed by atoms with Crippen LogP contribution in [0.15, 0.2) is 57.1 Å². The van der Waals surface area contributed by atoms with Crippen molar-refractivity contribution in [3.05, 3.63) is 42.1 Å². The highest BCUT2D eigenvalue weighted by Gasteiger charge is 2.54. The van der Waals surface area contributed by atoms with Crippen LogP contribution < -0.4 is 21.7 Å². The highest BCUT2D eigenvalue weighted by atomic mass is 32.2. The lowest BCUT2D eigenvalue weighted by Crippen LogP contribution is -2.60. The van der Waals surface area contributed by atoms with Crippen molar-refractivity contribution in [2.45, 2.75) is 48.1 Å². The van der Waals surface area contributed by atoms with Gasteiger partial charge in [-0.05, 0) is 67.8 Å². The number of carbonyl (C=O) groups is 1. The predicted molar refractivity (Wildman–Crippen MR) is 130 cm³/mol. The first kappa shape index (κ1) is 25.7. The van der Waals surface area contributed by atoms with E-state index < -0.39 is 24.2 Å². The second kappa shape index (κ2) is 9.96. The van der Waals surface area contributed by atoms with Crippen molar-refractivity contribution in [1.82, 2.24) is 9.97 Å². The molecule has 2 fully saturated rings. The number of anilines is 2.